The van der Waals surface area contributed by atoms with Crippen molar-refractivity contribution in [3.63, 3.8) is 0 Å². The number of fused-ring (bicyclic) bond motifs is 1. The van der Waals surface area contributed by atoms with Gasteiger partial charge in [-0.05, 0) is 30.3 Å². The number of nitrogens with two attached hydrogens (primary N) is 1. The Labute approximate surface area is 224 Å². The minimum atomic E-state index is -3.23. The van der Waals surface area contributed by atoms with Crippen molar-refractivity contribution in [2.45, 2.75) is 0 Å². The molecular weight excluding hydrogens is 522 g/mol. The number of anilines is 4. The molecule has 0 unspecified atom stereocenters. The number of para-hydroxylation sites is 2. The molecule has 5 aromatic rings. The summed E-state index contributed by atoms with van der Waals surface area (Å²) in [6.07, 6.45) is 2.88. The van der Waals surface area contributed by atoms with Crippen LogP contribution < -0.4 is 24.8 Å². The van der Waals surface area contributed by atoms with Gasteiger partial charge in [-0.2, -0.15) is 0 Å². The largest absolute Gasteiger partial charge is 0.497 e. The molecule has 0 aliphatic rings. The summed E-state index contributed by atoms with van der Waals surface area (Å²) in [7, 11) is -0.163. The van der Waals surface area contributed by atoms with E-state index in [1.807, 2.05) is 6.07 Å². The number of ether oxygens (including phenoxy) is 2. The molecule has 0 radical (unpaired) electrons. The lowest BCUT2D eigenvalue weighted by molar-refractivity contribution is 0.0996. The number of rotatable bonds is 9. The van der Waals surface area contributed by atoms with Crippen LogP contribution >= 0.6 is 0 Å². The molecule has 3 N–H and O–H groups in total. The molecule has 13 heteroatoms. The third-order valence-corrected chi connectivity index (χ3v) is 6.48. The van der Waals surface area contributed by atoms with Gasteiger partial charge in [0.15, 0.2) is 11.6 Å². The average molecular weight is 546 g/mol. The molecule has 2 aromatic heterocycles. The maximum absolute atomic E-state index is 12.7. The predicted octanol–water partition coefficient (Wildman–Crippen LogP) is 3.34. The van der Waals surface area contributed by atoms with E-state index < -0.39 is 16.8 Å². The van der Waals surface area contributed by atoms with Crippen LogP contribution in [0.3, 0.4) is 0 Å². The Bertz CT molecular complexity index is 1740. The van der Waals surface area contributed by atoms with Crippen molar-refractivity contribution < 1.29 is 22.7 Å². The highest BCUT2D eigenvalue weighted by atomic mass is 32.2. The molecule has 12 nitrogen and oxygen atoms in total. The summed E-state index contributed by atoms with van der Waals surface area (Å²) in [5.41, 5.74) is 7.84. The molecule has 0 bridgehead atoms. The van der Waals surface area contributed by atoms with Crippen molar-refractivity contribution in [3.8, 4) is 17.2 Å². The number of primary amides is 1. The van der Waals surface area contributed by atoms with Gasteiger partial charge in [-0.25, -0.2) is 27.7 Å². The van der Waals surface area contributed by atoms with E-state index in [9.17, 15) is 13.2 Å². The van der Waals surface area contributed by atoms with Crippen molar-refractivity contribution in [2.24, 2.45) is 5.73 Å². The second-order valence-electron chi connectivity index (χ2n) is 8.21. The fourth-order valence-corrected chi connectivity index (χ4v) is 4.52. The van der Waals surface area contributed by atoms with Crippen LogP contribution in [0.25, 0.3) is 16.7 Å². The summed E-state index contributed by atoms with van der Waals surface area (Å²) in [5, 5.41) is 3.17. The first-order chi connectivity index (χ1) is 18.9. The second-order valence-corrected chi connectivity index (χ2v) is 9.09. The number of methoxy groups -OCH3 is 2. The second kappa shape index (κ2) is 10.7. The smallest absolute Gasteiger partial charge is 0.268 e. The third kappa shape index (κ3) is 5.29. The fourth-order valence-electron chi connectivity index (χ4n) is 3.91. The Hall–Kier alpha value is -5.17. The number of nitrogens with one attached hydrogen (secondary N) is 1. The summed E-state index contributed by atoms with van der Waals surface area (Å²) < 4.78 is 38.8. The minimum absolute atomic E-state index is 0.0483. The Kier molecular flexibility index (Phi) is 6.97. The van der Waals surface area contributed by atoms with Gasteiger partial charge >= 0.3 is 0 Å². The summed E-state index contributed by atoms with van der Waals surface area (Å²) in [5.74, 6) is 0.620. The molecule has 0 atom stereocenters. The monoisotopic (exact) mass is 545 g/mol. The summed E-state index contributed by atoms with van der Waals surface area (Å²) in [4.78, 5) is 24.8. The summed E-state index contributed by atoms with van der Waals surface area (Å²) in [6, 6.07) is 18.9. The van der Waals surface area contributed by atoms with Crippen LogP contribution in [0.1, 0.15) is 10.5 Å². The van der Waals surface area contributed by atoms with Crippen molar-refractivity contribution in [3.05, 3.63) is 84.9 Å². The molecule has 2 heterocycles. The first-order valence-corrected chi connectivity index (χ1v) is 12.6. The number of hydrogen-bond donors (Lipinski definition) is 3. The molecule has 5 rings (SSSR count). The molecule has 0 saturated heterocycles. The molecule has 0 aliphatic carbocycles. The number of thiol groups is 1. The highest BCUT2D eigenvalue weighted by Gasteiger charge is 2.22. The van der Waals surface area contributed by atoms with Crippen LogP contribution in [-0.2, 0) is 10.9 Å². The number of carbonyl (C=O) groups excluding carboxylic acids is 1. The number of hydrogen-bond acceptors (Lipinski definition) is 9. The van der Waals surface area contributed by atoms with Gasteiger partial charge in [-0.1, -0.05) is 18.2 Å². The van der Waals surface area contributed by atoms with E-state index in [4.69, 9.17) is 15.2 Å². The lowest BCUT2D eigenvalue weighted by atomic mass is 10.2. The van der Waals surface area contributed by atoms with E-state index in [-0.39, 0.29) is 23.0 Å². The third-order valence-electron chi connectivity index (χ3n) is 5.74. The maximum Gasteiger partial charge on any atom is 0.268 e. The first-order valence-electron chi connectivity index (χ1n) is 11.5. The normalized spacial score (nSPS) is 10.9. The van der Waals surface area contributed by atoms with E-state index in [1.165, 1.54) is 26.7 Å². The number of aromatic nitrogens is 4. The standard InChI is InChI=1S/C26H23N7O5S/c1-37-19-10-16(11-20(13-19)38-2)29-25-26(31-22-9-4-3-8-21(22)30-25)33(39(35)36)18-7-5-6-17(12-18)32-14-23(24(27)34)28-15-32/h3-15,39H,1-2H3,(H2,27,34)(H,29,30). The highest BCUT2D eigenvalue weighted by Crippen LogP contribution is 2.35. The van der Waals surface area contributed by atoms with Crippen molar-refractivity contribution >= 4 is 50.8 Å². The van der Waals surface area contributed by atoms with Gasteiger partial charge in [-0.3, -0.25) is 4.79 Å². The zero-order valence-corrected chi connectivity index (χ0v) is 21.7. The van der Waals surface area contributed by atoms with Crippen LogP contribution in [-0.4, -0.2) is 48.1 Å². The Balaban J connectivity index is 1.65. The minimum Gasteiger partial charge on any atom is -0.497 e. The summed E-state index contributed by atoms with van der Waals surface area (Å²) in [6.45, 7) is 0. The van der Waals surface area contributed by atoms with Crippen LogP contribution in [0.5, 0.6) is 11.5 Å². The number of benzene rings is 3. The molecule has 0 saturated carbocycles. The molecule has 39 heavy (non-hydrogen) atoms. The molecule has 198 valence electrons. The average Bonchev–Trinajstić information content (AvgIpc) is 3.44. The van der Waals surface area contributed by atoms with Gasteiger partial charge in [0.25, 0.3) is 5.91 Å². The van der Waals surface area contributed by atoms with E-state index >= 15 is 0 Å². The van der Waals surface area contributed by atoms with Crippen molar-refractivity contribution in [1.82, 2.24) is 19.5 Å². The van der Waals surface area contributed by atoms with E-state index in [0.717, 1.165) is 4.31 Å². The SMILES string of the molecule is COc1cc(Nc2nc3ccccc3nc2N(c2cccc(-n3cnc(C(N)=O)c3)c2)[SH](=O)=O)cc(OC)c1. The number of nitrogens with zero attached hydrogens (tertiary/aromatic N) is 5. The zero-order chi connectivity index (χ0) is 27.5. The van der Waals surface area contributed by atoms with E-state index in [2.05, 4.69) is 20.3 Å². The Morgan fingerprint density at radius 3 is 2.26 bits per heavy atom. The molecule has 0 aliphatic heterocycles. The quantitative estimate of drug-likeness (QED) is 0.237. The van der Waals surface area contributed by atoms with Crippen molar-refractivity contribution in [1.29, 1.82) is 0 Å². The van der Waals surface area contributed by atoms with Crippen LogP contribution in [0, 0.1) is 0 Å². The Morgan fingerprint density at radius 1 is 0.949 bits per heavy atom. The predicted molar refractivity (Wildman–Crippen MR) is 147 cm³/mol. The van der Waals surface area contributed by atoms with Gasteiger partial charge < -0.3 is 25.1 Å². The molecule has 3 aromatic carbocycles. The Morgan fingerprint density at radius 2 is 1.64 bits per heavy atom. The number of carbonyl (C=O) groups is 1. The number of imidazole rings is 1. The van der Waals surface area contributed by atoms with E-state index in [0.29, 0.717) is 33.9 Å². The topological polar surface area (TPSA) is 155 Å². The van der Waals surface area contributed by atoms with Crippen molar-refractivity contribution in [2.75, 3.05) is 23.8 Å². The lowest BCUT2D eigenvalue weighted by Gasteiger charge is -2.21. The fraction of sp³-hybridized carbons (Fsp3) is 0.0769. The maximum atomic E-state index is 12.7. The number of amides is 1. The van der Waals surface area contributed by atoms with Gasteiger partial charge in [-0.15, -0.1) is 0 Å². The van der Waals surface area contributed by atoms with Gasteiger partial charge in [0.2, 0.25) is 10.9 Å². The molecule has 0 spiro atoms. The van der Waals surface area contributed by atoms with Gasteiger partial charge in [0.05, 0.1) is 30.9 Å². The zero-order valence-electron chi connectivity index (χ0n) is 20.8. The molecule has 0 fully saturated rings. The molecule has 1 amide bonds. The lowest BCUT2D eigenvalue weighted by Crippen LogP contribution is -2.18. The first kappa shape index (κ1) is 25.5. The highest BCUT2D eigenvalue weighted by molar-refractivity contribution is 7.74. The van der Waals surface area contributed by atoms with E-state index in [1.54, 1.807) is 65.2 Å². The van der Waals surface area contributed by atoms with Crippen LogP contribution in [0.15, 0.2) is 79.3 Å². The van der Waals surface area contributed by atoms with Crippen LogP contribution in [0.4, 0.5) is 23.0 Å². The summed E-state index contributed by atoms with van der Waals surface area (Å²) >= 11 is 0. The van der Waals surface area contributed by atoms with Crippen LogP contribution in [0.2, 0.25) is 0 Å². The van der Waals surface area contributed by atoms with Gasteiger partial charge in [0, 0.05) is 35.8 Å². The van der Waals surface area contributed by atoms with Gasteiger partial charge in [0.1, 0.15) is 23.5 Å². The molecular formula is C26H23N7O5S.